The summed E-state index contributed by atoms with van der Waals surface area (Å²) in [5.74, 6) is 0.665. The number of nitrogen functional groups attached to an aromatic ring is 1. The van der Waals surface area contributed by atoms with Crippen LogP contribution in [0.2, 0.25) is 0 Å². The minimum atomic E-state index is -0.0576. The van der Waals surface area contributed by atoms with Crippen molar-refractivity contribution in [2.45, 2.75) is 0 Å². The predicted octanol–water partition coefficient (Wildman–Crippen LogP) is 2.16. The SMILES string of the molecule is Cn1c(N2CCOCC2)nc2cc(-c3ccc4oc(N)nc4c3)ccc2c1=O. The molecule has 0 amide bonds. The Morgan fingerprint density at radius 2 is 1.71 bits per heavy atom. The van der Waals surface area contributed by atoms with E-state index in [1.54, 1.807) is 11.6 Å². The Morgan fingerprint density at radius 3 is 2.50 bits per heavy atom. The molecule has 0 unspecified atom stereocenters. The van der Waals surface area contributed by atoms with Crippen LogP contribution in [0, 0.1) is 0 Å². The standard InChI is InChI=1S/C20H19N5O3/c1-24-18(26)14-4-2-12(13-3-5-17-16(11-13)22-19(21)28-17)10-15(14)23-20(24)25-6-8-27-9-7-25/h2-5,10-11H,6-9H2,1H3,(H2,21,22). The summed E-state index contributed by atoms with van der Waals surface area (Å²) < 4.78 is 12.4. The molecule has 1 aliphatic rings. The van der Waals surface area contributed by atoms with Gasteiger partial charge in [-0.05, 0) is 35.4 Å². The van der Waals surface area contributed by atoms with Crippen molar-refractivity contribution in [3.8, 4) is 11.1 Å². The fourth-order valence-electron chi connectivity index (χ4n) is 3.61. The van der Waals surface area contributed by atoms with E-state index < -0.39 is 0 Å². The number of fused-ring (bicyclic) bond motifs is 2. The molecule has 0 aliphatic carbocycles. The molecular formula is C20H19N5O3. The maximum Gasteiger partial charge on any atom is 0.292 e. The van der Waals surface area contributed by atoms with E-state index in [2.05, 4.69) is 9.88 Å². The largest absolute Gasteiger partial charge is 0.424 e. The normalized spacial score (nSPS) is 14.8. The molecule has 142 valence electrons. The van der Waals surface area contributed by atoms with Crippen LogP contribution in [0.25, 0.3) is 33.1 Å². The first-order valence-electron chi connectivity index (χ1n) is 9.10. The molecule has 2 aromatic carbocycles. The number of ether oxygens (including phenoxy) is 1. The van der Waals surface area contributed by atoms with Crippen molar-refractivity contribution in [3.63, 3.8) is 0 Å². The third kappa shape index (κ3) is 2.69. The van der Waals surface area contributed by atoms with Gasteiger partial charge in [-0.15, -0.1) is 0 Å². The smallest absolute Gasteiger partial charge is 0.292 e. The van der Waals surface area contributed by atoms with Crippen molar-refractivity contribution in [3.05, 3.63) is 46.8 Å². The van der Waals surface area contributed by atoms with Gasteiger partial charge in [0.05, 0.1) is 24.1 Å². The van der Waals surface area contributed by atoms with Crippen LogP contribution in [0.3, 0.4) is 0 Å². The van der Waals surface area contributed by atoms with Gasteiger partial charge in [-0.2, -0.15) is 4.98 Å². The lowest BCUT2D eigenvalue weighted by molar-refractivity contribution is 0.121. The molecule has 1 saturated heterocycles. The summed E-state index contributed by atoms with van der Waals surface area (Å²) in [6.45, 7) is 2.70. The molecule has 2 aromatic heterocycles. The van der Waals surface area contributed by atoms with Crippen molar-refractivity contribution in [2.75, 3.05) is 36.9 Å². The molecule has 8 nitrogen and oxygen atoms in total. The highest BCUT2D eigenvalue weighted by atomic mass is 16.5. The van der Waals surface area contributed by atoms with Crippen molar-refractivity contribution in [2.24, 2.45) is 7.05 Å². The molecule has 2 N–H and O–H groups in total. The lowest BCUT2D eigenvalue weighted by Gasteiger charge is -2.29. The average molecular weight is 377 g/mol. The van der Waals surface area contributed by atoms with Crippen LogP contribution in [0.5, 0.6) is 0 Å². The lowest BCUT2D eigenvalue weighted by Crippen LogP contribution is -2.40. The number of hydrogen-bond acceptors (Lipinski definition) is 7. The van der Waals surface area contributed by atoms with Gasteiger partial charge in [0.15, 0.2) is 5.58 Å². The molecule has 5 rings (SSSR count). The first-order chi connectivity index (χ1) is 13.6. The van der Waals surface area contributed by atoms with Gasteiger partial charge in [-0.25, -0.2) is 4.98 Å². The Morgan fingerprint density at radius 1 is 1.00 bits per heavy atom. The zero-order valence-electron chi connectivity index (χ0n) is 15.4. The van der Waals surface area contributed by atoms with Gasteiger partial charge in [0.25, 0.3) is 11.6 Å². The zero-order chi connectivity index (χ0) is 19.3. The number of nitrogens with zero attached hydrogens (tertiary/aromatic N) is 4. The highest BCUT2D eigenvalue weighted by Crippen LogP contribution is 2.27. The quantitative estimate of drug-likeness (QED) is 0.571. The van der Waals surface area contributed by atoms with E-state index in [1.807, 2.05) is 36.4 Å². The van der Waals surface area contributed by atoms with E-state index >= 15 is 0 Å². The number of anilines is 2. The van der Waals surface area contributed by atoms with Crippen LogP contribution in [0.1, 0.15) is 0 Å². The Bertz CT molecular complexity index is 1250. The fourth-order valence-corrected chi connectivity index (χ4v) is 3.61. The van der Waals surface area contributed by atoms with Crippen molar-refractivity contribution in [1.82, 2.24) is 14.5 Å². The Hall–Kier alpha value is -3.39. The second-order valence-corrected chi connectivity index (χ2v) is 6.84. The van der Waals surface area contributed by atoms with E-state index in [4.69, 9.17) is 19.9 Å². The zero-order valence-corrected chi connectivity index (χ0v) is 15.4. The third-order valence-corrected chi connectivity index (χ3v) is 5.08. The van der Waals surface area contributed by atoms with Crippen molar-refractivity contribution < 1.29 is 9.15 Å². The molecule has 3 heterocycles. The number of benzene rings is 2. The van der Waals surface area contributed by atoms with E-state index in [-0.39, 0.29) is 11.6 Å². The van der Waals surface area contributed by atoms with Crippen LogP contribution >= 0.6 is 0 Å². The molecule has 8 heteroatoms. The first-order valence-corrected chi connectivity index (χ1v) is 9.10. The van der Waals surface area contributed by atoms with Crippen LogP contribution in [0.15, 0.2) is 45.6 Å². The van der Waals surface area contributed by atoms with Gasteiger partial charge >= 0.3 is 0 Å². The predicted molar refractivity (Wildman–Crippen MR) is 107 cm³/mol. The Balaban J connectivity index is 1.64. The Kier molecular flexibility index (Phi) is 3.80. The average Bonchev–Trinajstić information content (AvgIpc) is 3.10. The van der Waals surface area contributed by atoms with E-state index in [1.165, 1.54) is 0 Å². The van der Waals surface area contributed by atoms with Gasteiger partial charge in [0, 0.05) is 20.1 Å². The number of nitrogens with two attached hydrogens (primary N) is 1. The highest BCUT2D eigenvalue weighted by molar-refractivity contribution is 5.87. The maximum absolute atomic E-state index is 12.8. The van der Waals surface area contributed by atoms with Crippen LogP contribution in [-0.2, 0) is 11.8 Å². The molecule has 28 heavy (non-hydrogen) atoms. The molecule has 0 saturated carbocycles. The minimum Gasteiger partial charge on any atom is -0.424 e. The molecule has 0 bridgehead atoms. The van der Waals surface area contributed by atoms with Gasteiger partial charge in [0.1, 0.15) is 5.52 Å². The number of morpholine rings is 1. The second-order valence-electron chi connectivity index (χ2n) is 6.84. The minimum absolute atomic E-state index is 0.0576. The molecule has 0 spiro atoms. The summed E-state index contributed by atoms with van der Waals surface area (Å²) in [7, 11) is 1.76. The fraction of sp³-hybridized carbons (Fsp3) is 0.250. The molecule has 4 aromatic rings. The molecule has 1 aliphatic heterocycles. The lowest BCUT2D eigenvalue weighted by atomic mass is 10.0. The third-order valence-electron chi connectivity index (χ3n) is 5.08. The summed E-state index contributed by atoms with van der Waals surface area (Å²) in [5, 5.41) is 0.593. The molecule has 1 fully saturated rings. The summed E-state index contributed by atoms with van der Waals surface area (Å²) in [4.78, 5) is 23.9. The van der Waals surface area contributed by atoms with E-state index in [9.17, 15) is 4.79 Å². The summed E-state index contributed by atoms with van der Waals surface area (Å²) in [6.07, 6.45) is 0. The van der Waals surface area contributed by atoms with Crippen LogP contribution in [-0.4, -0.2) is 40.8 Å². The topological polar surface area (TPSA) is 99.4 Å². The molecule has 0 atom stereocenters. The van der Waals surface area contributed by atoms with Gasteiger partial charge in [-0.1, -0.05) is 12.1 Å². The summed E-state index contributed by atoms with van der Waals surface area (Å²) in [5.41, 5.74) is 9.49. The molecular weight excluding hydrogens is 358 g/mol. The number of rotatable bonds is 2. The highest BCUT2D eigenvalue weighted by Gasteiger charge is 2.18. The van der Waals surface area contributed by atoms with Crippen molar-refractivity contribution >= 4 is 34.0 Å². The monoisotopic (exact) mass is 377 g/mol. The number of oxazole rings is 1. The van der Waals surface area contributed by atoms with Crippen LogP contribution in [0.4, 0.5) is 12.0 Å². The number of aromatic nitrogens is 3. The maximum atomic E-state index is 12.8. The van der Waals surface area contributed by atoms with Gasteiger partial charge < -0.3 is 19.8 Å². The van der Waals surface area contributed by atoms with E-state index in [0.29, 0.717) is 41.2 Å². The number of hydrogen-bond donors (Lipinski definition) is 1. The van der Waals surface area contributed by atoms with Gasteiger partial charge in [-0.3, -0.25) is 9.36 Å². The summed E-state index contributed by atoms with van der Waals surface area (Å²) in [6, 6.07) is 11.5. The van der Waals surface area contributed by atoms with Gasteiger partial charge in [0.2, 0.25) is 5.95 Å². The second kappa shape index (κ2) is 6.35. The summed E-state index contributed by atoms with van der Waals surface area (Å²) >= 11 is 0. The Labute approximate surface area is 160 Å². The van der Waals surface area contributed by atoms with Crippen LogP contribution < -0.4 is 16.2 Å². The molecule has 0 radical (unpaired) electrons. The van der Waals surface area contributed by atoms with Crippen molar-refractivity contribution in [1.29, 1.82) is 0 Å². The van der Waals surface area contributed by atoms with E-state index in [0.717, 1.165) is 24.2 Å². The first kappa shape index (κ1) is 16.8.